The maximum Gasteiger partial charge on any atom is 0.251 e. The van der Waals surface area contributed by atoms with Crippen molar-refractivity contribution in [1.29, 1.82) is 0 Å². The van der Waals surface area contributed by atoms with Gasteiger partial charge in [-0.25, -0.2) is 4.98 Å². The molecule has 1 aliphatic rings. The first kappa shape index (κ1) is 12.5. The predicted molar refractivity (Wildman–Crippen MR) is 75.4 cm³/mol. The van der Waals surface area contributed by atoms with Crippen LogP contribution in [-0.2, 0) is 7.05 Å². The zero-order valence-corrected chi connectivity index (χ0v) is 11.7. The maximum absolute atomic E-state index is 12.2. The Labute approximate surface area is 116 Å². The van der Waals surface area contributed by atoms with Crippen LogP contribution in [0, 0.1) is 5.92 Å². The van der Waals surface area contributed by atoms with Crippen molar-refractivity contribution < 1.29 is 4.79 Å². The molecule has 2 aromatic rings. The number of halogens is 1. The first-order valence-electron chi connectivity index (χ1n) is 6.49. The van der Waals surface area contributed by atoms with Crippen molar-refractivity contribution >= 4 is 28.5 Å². The summed E-state index contributed by atoms with van der Waals surface area (Å²) in [6.07, 6.45) is 2.44. The SMILES string of the molecule is CC(NC(=O)c1ccc2nc(Cl)n(C)c2c1)C1CC1. The summed E-state index contributed by atoms with van der Waals surface area (Å²) in [5, 5.41) is 3.48. The van der Waals surface area contributed by atoms with Crippen LogP contribution in [0.5, 0.6) is 0 Å². The minimum atomic E-state index is -0.0291. The normalized spacial score (nSPS) is 16.6. The van der Waals surface area contributed by atoms with Crippen molar-refractivity contribution in [2.45, 2.75) is 25.8 Å². The molecule has 0 radical (unpaired) electrons. The number of fused-ring (bicyclic) bond motifs is 1. The number of aromatic nitrogens is 2. The summed E-state index contributed by atoms with van der Waals surface area (Å²) < 4.78 is 1.78. The molecule has 0 aliphatic heterocycles. The van der Waals surface area contributed by atoms with Gasteiger partial charge in [0.25, 0.3) is 5.91 Å². The third-order valence-electron chi connectivity index (χ3n) is 3.78. The molecule has 3 rings (SSSR count). The highest BCUT2D eigenvalue weighted by atomic mass is 35.5. The molecule has 1 aromatic heterocycles. The molecule has 1 fully saturated rings. The Balaban J connectivity index is 1.87. The Hall–Kier alpha value is -1.55. The fourth-order valence-corrected chi connectivity index (χ4v) is 2.49. The molecule has 0 spiro atoms. The van der Waals surface area contributed by atoms with E-state index in [-0.39, 0.29) is 11.9 Å². The Morgan fingerprint density at radius 2 is 2.26 bits per heavy atom. The monoisotopic (exact) mass is 277 g/mol. The standard InChI is InChI=1S/C14H16ClN3O/c1-8(9-3-4-9)16-13(19)10-5-6-11-12(7-10)18(2)14(15)17-11/h5-9H,3-4H2,1-2H3,(H,16,19). The molecule has 4 nitrogen and oxygen atoms in total. The first-order valence-corrected chi connectivity index (χ1v) is 6.87. The molecule has 1 atom stereocenters. The van der Waals surface area contributed by atoms with Crippen LogP contribution in [0.4, 0.5) is 0 Å². The van der Waals surface area contributed by atoms with Crippen molar-refractivity contribution in [3.05, 3.63) is 29.0 Å². The van der Waals surface area contributed by atoms with Gasteiger partial charge in [-0.15, -0.1) is 0 Å². The molecule has 1 N–H and O–H groups in total. The summed E-state index contributed by atoms with van der Waals surface area (Å²) in [6.45, 7) is 2.06. The van der Waals surface area contributed by atoms with E-state index in [9.17, 15) is 4.79 Å². The molecular weight excluding hydrogens is 262 g/mol. The van der Waals surface area contributed by atoms with Crippen LogP contribution in [0.15, 0.2) is 18.2 Å². The molecule has 1 heterocycles. The predicted octanol–water partition coefficient (Wildman–Crippen LogP) is 2.76. The molecule has 19 heavy (non-hydrogen) atoms. The van der Waals surface area contributed by atoms with E-state index in [1.54, 1.807) is 10.6 Å². The van der Waals surface area contributed by atoms with Crippen molar-refractivity contribution in [3.8, 4) is 0 Å². The highest BCUT2D eigenvalue weighted by Gasteiger charge is 2.29. The highest BCUT2D eigenvalue weighted by molar-refractivity contribution is 6.29. The smallest absolute Gasteiger partial charge is 0.251 e. The molecule has 1 aliphatic carbocycles. The van der Waals surface area contributed by atoms with E-state index in [1.807, 2.05) is 19.2 Å². The summed E-state index contributed by atoms with van der Waals surface area (Å²) in [4.78, 5) is 16.4. The van der Waals surface area contributed by atoms with Crippen molar-refractivity contribution in [1.82, 2.24) is 14.9 Å². The minimum Gasteiger partial charge on any atom is -0.349 e. The average Bonchev–Trinajstić information content (AvgIpc) is 3.18. The van der Waals surface area contributed by atoms with E-state index in [0.717, 1.165) is 11.0 Å². The maximum atomic E-state index is 12.2. The summed E-state index contributed by atoms with van der Waals surface area (Å²) in [5.74, 6) is 0.623. The number of aryl methyl sites for hydroxylation is 1. The number of nitrogens with one attached hydrogen (secondary N) is 1. The fourth-order valence-electron chi connectivity index (χ4n) is 2.31. The molecule has 0 saturated heterocycles. The highest BCUT2D eigenvalue weighted by Crippen LogP contribution is 2.32. The van der Waals surface area contributed by atoms with Crippen LogP contribution in [0.1, 0.15) is 30.1 Å². The number of carbonyl (C=O) groups excluding carboxylic acids is 1. The summed E-state index contributed by atoms with van der Waals surface area (Å²) in [6, 6.07) is 5.71. The van der Waals surface area contributed by atoms with Crippen molar-refractivity contribution in [2.24, 2.45) is 13.0 Å². The number of benzene rings is 1. The van der Waals surface area contributed by atoms with Crippen LogP contribution >= 0.6 is 11.6 Å². The van der Waals surface area contributed by atoms with E-state index < -0.39 is 0 Å². The minimum absolute atomic E-state index is 0.0291. The van der Waals surface area contributed by atoms with Gasteiger partial charge in [-0.05, 0) is 55.5 Å². The number of hydrogen-bond donors (Lipinski definition) is 1. The van der Waals surface area contributed by atoms with Crippen LogP contribution in [-0.4, -0.2) is 21.5 Å². The van der Waals surface area contributed by atoms with Gasteiger partial charge in [-0.2, -0.15) is 0 Å². The van der Waals surface area contributed by atoms with Gasteiger partial charge in [0, 0.05) is 18.7 Å². The topological polar surface area (TPSA) is 46.9 Å². The summed E-state index contributed by atoms with van der Waals surface area (Å²) in [7, 11) is 1.84. The Bertz CT molecular complexity index is 645. The third-order valence-corrected chi connectivity index (χ3v) is 4.11. The number of amides is 1. The van der Waals surface area contributed by atoms with E-state index in [1.165, 1.54) is 12.8 Å². The second-order valence-corrected chi connectivity index (χ2v) is 5.58. The lowest BCUT2D eigenvalue weighted by Gasteiger charge is -2.12. The molecule has 1 saturated carbocycles. The molecule has 1 unspecified atom stereocenters. The van der Waals surface area contributed by atoms with Gasteiger partial charge in [0.15, 0.2) is 0 Å². The molecule has 1 aromatic carbocycles. The molecule has 1 amide bonds. The second-order valence-electron chi connectivity index (χ2n) is 5.24. The number of carbonyl (C=O) groups is 1. The van der Waals surface area contributed by atoms with E-state index >= 15 is 0 Å². The van der Waals surface area contributed by atoms with Crippen molar-refractivity contribution in [3.63, 3.8) is 0 Å². The lowest BCUT2D eigenvalue weighted by atomic mass is 10.1. The van der Waals surface area contributed by atoms with Gasteiger partial charge in [0.05, 0.1) is 11.0 Å². The first-order chi connectivity index (χ1) is 9.06. The molecule has 100 valence electrons. The van der Waals surface area contributed by atoms with Gasteiger partial charge in [0.2, 0.25) is 5.28 Å². The van der Waals surface area contributed by atoms with Gasteiger partial charge < -0.3 is 9.88 Å². The fraction of sp³-hybridized carbons (Fsp3) is 0.429. The molecular formula is C14H16ClN3O. The number of hydrogen-bond acceptors (Lipinski definition) is 2. The lowest BCUT2D eigenvalue weighted by Crippen LogP contribution is -2.33. The number of nitrogens with zero attached hydrogens (tertiary/aromatic N) is 2. The largest absolute Gasteiger partial charge is 0.349 e. The van der Waals surface area contributed by atoms with Crippen LogP contribution in [0.3, 0.4) is 0 Å². The summed E-state index contributed by atoms with van der Waals surface area (Å²) in [5.41, 5.74) is 2.33. The van der Waals surface area contributed by atoms with Gasteiger partial charge in [0.1, 0.15) is 0 Å². The Morgan fingerprint density at radius 3 is 2.95 bits per heavy atom. The third kappa shape index (κ3) is 2.32. The quantitative estimate of drug-likeness (QED) is 0.938. The average molecular weight is 278 g/mol. The Kier molecular flexibility index (Phi) is 2.97. The lowest BCUT2D eigenvalue weighted by molar-refractivity contribution is 0.0936. The second kappa shape index (κ2) is 4.53. The van der Waals surface area contributed by atoms with Crippen LogP contribution < -0.4 is 5.32 Å². The van der Waals surface area contributed by atoms with Gasteiger partial charge >= 0.3 is 0 Å². The van der Waals surface area contributed by atoms with Crippen LogP contribution in [0.2, 0.25) is 5.28 Å². The molecule has 5 heteroatoms. The van der Waals surface area contributed by atoms with E-state index in [0.29, 0.717) is 16.8 Å². The zero-order chi connectivity index (χ0) is 13.6. The van der Waals surface area contributed by atoms with E-state index in [4.69, 9.17) is 11.6 Å². The zero-order valence-electron chi connectivity index (χ0n) is 11.0. The van der Waals surface area contributed by atoms with Gasteiger partial charge in [-0.3, -0.25) is 4.79 Å². The van der Waals surface area contributed by atoms with Gasteiger partial charge in [-0.1, -0.05) is 0 Å². The van der Waals surface area contributed by atoms with Crippen LogP contribution in [0.25, 0.3) is 11.0 Å². The number of rotatable bonds is 3. The van der Waals surface area contributed by atoms with E-state index in [2.05, 4.69) is 17.2 Å². The summed E-state index contributed by atoms with van der Waals surface area (Å²) >= 11 is 5.97. The molecule has 0 bridgehead atoms. The van der Waals surface area contributed by atoms with Crippen molar-refractivity contribution in [2.75, 3.05) is 0 Å². The Morgan fingerprint density at radius 1 is 1.53 bits per heavy atom. The number of imidazole rings is 1.